The molecular weight excluding hydrogens is 304 g/mol. The highest BCUT2D eigenvalue weighted by atomic mass is 79.9. The van der Waals surface area contributed by atoms with Crippen LogP contribution in [0.15, 0.2) is 53.0 Å². The average molecular weight is 319 g/mol. The molecule has 0 atom stereocenters. The Labute approximate surface area is 121 Å². The van der Waals surface area contributed by atoms with Crippen LogP contribution in [0.1, 0.15) is 5.56 Å². The lowest BCUT2D eigenvalue weighted by molar-refractivity contribution is -0.114. The summed E-state index contributed by atoms with van der Waals surface area (Å²) in [5.41, 5.74) is 2.87. The zero-order valence-electron chi connectivity index (χ0n) is 10.6. The minimum Gasteiger partial charge on any atom is -0.375 e. The van der Waals surface area contributed by atoms with Crippen molar-refractivity contribution in [1.82, 2.24) is 0 Å². The lowest BCUT2D eigenvalue weighted by Crippen LogP contribution is -2.21. The van der Waals surface area contributed by atoms with Crippen LogP contribution in [0.4, 0.5) is 11.4 Å². The van der Waals surface area contributed by atoms with E-state index in [9.17, 15) is 4.79 Å². The summed E-state index contributed by atoms with van der Waals surface area (Å²) in [6, 6.07) is 15.4. The lowest BCUT2D eigenvalue weighted by atomic mass is 10.2. The molecule has 0 heterocycles. The minimum atomic E-state index is -0.0698. The molecule has 98 valence electrons. The Hall–Kier alpha value is -1.81. The van der Waals surface area contributed by atoms with Gasteiger partial charge in [-0.25, -0.2) is 0 Å². The highest BCUT2D eigenvalue weighted by Gasteiger charge is 2.04. The van der Waals surface area contributed by atoms with Crippen LogP contribution in [0.5, 0.6) is 0 Å². The van der Waals surface area contributed by atoms with Gasteiger partial charge in [-0.2, -0.15) is 0 Å². The van der Waals surface area contributed by atoms with Gasteiger partial charge in [0, 0.05) is 15.8 Å². The molecule has 0 saturated heterocycles. The number of para-hydroxylation sites is 1. The highest BCUT2D eigenvalue weighted by molar-refractivity contribution is 9.10. The molecule has 0 spiro atoms. The second kappa shape index (κ2) is 6.38. The van der Waals surface area contributed by atoms with Gasteiger partial charge in [0.2, 0.25) is 5.91 Å². The van der Waals surface area contributed by atoms with Gasteiger partial charge >= 0.3 is 0 Å². The van der Waals surface area contributed by atoms with Gasteiger partial charge in [0.1, 0.15) is 0 Å². The maximum absolute atomic E-state index is 11.8. The lowest BCUT2D eigenvalue weighted by Gasteiger charge is -2.10. The fourth-order valence-electron chi connectivity index (χ4n) is 1.68. The number of benzene rings is 2. The van der Waals surface area contributed by atoms with Gasteiger partial charge in [-0.05, 0) is 52.7 Å². The molecule has 3 nitrogen and oxygen atoms in total. The van der Waals surface area contributed by atoms with Crippen LogP contribution >= 0.6 is 15.9 Å². The average Bonchev–Trinajstić information content (AvgIpc) is 2.41. The third kappa shape index (κ3) is 4.10. The fraction of sp³-hybridized carbons (Fsp3) is 0.133. The van der Waals surface area contributed by atoms with E-state index in [4.69, 9.17) is 0 Å². The standard InChI is InChI=1S/C15H15BrN2O/c1-11-7-8-13(16)14(9-11)17-10-15(19)18-12-5-3-2-4-6-12/h2-9,17H,10H2,1H3,(H,18,19). The second-order valence-corrected chi connectivity index (χ2v) is 5.11. The molecule has 2 aromatic carbocycles. The van der Waals surface area contributed by atoms with Gasteiger partial charge in [0.25, 0.3) is 0 Å². The number of nitrogens with one attached hydrogen (secondary N) is 2. The summed E-state index contributed by atoms with van der Waals surface area (Å²) >= 11 is 3.45. The van der Waals surface area contributed by atoms with Crippen LogP contribution in [0.3, 0.4) is 0 Å². The maximum atomic E-state index is 11.8. The number of hydrogen-bond donors (Lipinski definition) is 2. The molecule has 0 aromatic heterocycles. The smallest absolute Gasteiger partial charge is 0.243 e. The van der Waals surface area contributed by atoms with Crippen molar-refractivity contribution in [3.8, 4) is 0 Å². The van der Waals surface area contributed by atoms with E-state index in [2.05, 4.69) is 26.6 Å². The Morgan fingerprint density at radius 1 is 1.16 bits per heavy atom. The first-order valence-corrected chi connectivity index (χ1v) is 6.79. The van der Waals surface area contributed by atoms with E-state index >= 15 is 0 Å². The molecule has 0 fully saturated rings. The molecule has 0 aliphatic heterocycles. The van der Waals surface area contributed by atoms with Crippen molar-refractivity contribution in [3.05, 3.63) is 58.6 Å². The van der Waals surface area contributed by atoms with Crippen molar-refractivity contribution in [2.45, 2.75) is 6.92 Å². The van der Waals surface area contributed by atoms with Crippen molar-refractivity contribution >= 4 is 33.2 Å². The van der Waals surface area contributed by atoms with Gasteiger partial charge in [-0.15, -0.1) is 0 Å². The molecule has 0 aliphatic rings. The van der Waals surface area contributed by atoms with Crippen LogP contribution in [-0.2, 0) is 4.79 Å². The zero-order valence-corrected chi connectivity index (χ0v) is 12.2. The van der Waals surface area contributed by atoms with Crippen molar-refractivity contribution in [1.29, 1.82) is 0 Å². The Kier molecular flexibility index (Phi) is 4.58. The SMILES string of the molecule is Cc1ccc(Br)c(NCC(=O)Nc2ccccc2)c1. The summed E-state index contributed by atoms with van der Waals surface area (Å²) in [7, 11) is 0. The molecule has 0 saturated carbocycles. The molecule has 4 heteroatoms. The highest BCUT2D eigenvalue weighted by Crippen LogP contribution is 2.23. The summed E-state index contributed by atoms with van der Waals surface area (Å²) in [5.74, 6) is -0.0698. The van der Waals surface area contributed by atoms with E-state index in [1.807, 2.05) is 55.5 Å². The quantitative estimate of drug-likeness (QED) is 0.900. The van der Waals surface area contributed by atoms with Crippen LogP contribution in [0, 0.1) is 6.92 Å². The van der Waals surface area contributed by atoms with E-state index < -0.39 is 0 Å². The summed E-state index contributed by atoms with van der Waals surface area (Å²) in [5, 5.41) is 5.94. The Morgan fingerprint density at radius 3 is 2.63 bits per heavy atom. The second-order valence-electron chi connectivity index (χ2n) is 4.25. The number of anilines is 2. The van der Waals surface area contributed by atoms with E-state index in [-0.39, 0.29) is 12.5 Å². The fourth-order valence-corrected chi connectivity index (χ4v) is 2.06. The van der Waals surface area contributed by atoms with Crippen molar-refractivity contribution < 1.29 is 4.79 Å². The summed E-state index contributed by atoms with van der Waals surface area (Å²) in [6.45, 7) is 2.25. The maximum Gasteiger partial charge on any atom is 0.243 e. The van der Waals surface area contributed by atoms with Crippen LogP contribution in [0.25, 0.3) is 0 Å². The molecule has 0 unspecified atom stereocenters. The van der Waals surface area contributed by atoms with Crippen molar-refractivity contribution in [3.63, 3.8) is 0 Å². The first-order valence-electron chi connectivity index (χ1n) is 6.00. The van der Waals surface area contributed by atoms with E-state index in [0.29, 0.717) is 0 Å². The van der Waals surface area contributed by atoms with Gasteiger partial charge in [0.05, 0.1) is 6.54 Å². The molecule has 19 heavy (non-hydrogen) atoms. The van der Waals surface area contributed by atoms with Crippen LogP contribution in [-0.4, -0.2) is 12.5 Å². The van der Waals surface area contributed by atoms with Gasteiger partial charge < -0.3 is 10.6 Å². The molecule has 0 aliphatic carbocycles. The molecule has 2 rings (SSSR count). The van der Waals surface area contributed by atoms with Crippen molar-refractivity contribution in [2.75, 3.05) is 17.2 Å². The molecule has 2 aromatic rings. The zero-order chi connectivity index (χ0) is 13.7. The van der Waals surface area contributed by atoms with E-state index in [0.717, 1.165) is 21.4 Å². The largest absolute Gasteiger partial charge is 0.375 e. The topological polar surface area (TPSA) is 41.1 Å². The first-order chi connectivity index (χ1) is 9.15. The number of aryl methyl sites for hydroxylation is 1. The Balaban J connectivity index is 1.92. The molecule has 1 amide bonds. The van der Waals surface area contributed by atoms with E-state index in [1.54, 1.807) is 0 Å². The summed E-state index contributed by atoms with van der Waals surface area (Å²) in [6.07, 6.45) is 0. The summed E-state index contributed by atoms with van der Waals surface area (Å²) < 4.78 is 0.950. The van der Waals surface area contributed by atoms with Gasteiger partial charge in [-0.3, -0.25) is 4.79 Å². The molecular formula is C15H15BrN2O. The minimum absolute atomic E-state index is 0.0698. The predicted octanol–water partition coefficient (Wildman–Crippen LogP) is 3.81. The molecule has 0 bridgehead atoms. The predicted molar refractivity (Wildman–Crippen MR) is 82.4 cm³/mol. The number of amides is 1. The third-order valence-corrected chi connectivity index (χ3v) is 3.31. The Bertz CT molecular complexity index is 570. The van der Waals surface area contributed by atoms with E-state index in [1.165, 1.54) is 0 Å². The monoisotopic (exact) mass is 318 g/mol. The summed E-state index contributed by atoms with van der Waals surface area (Å²) in [4.78, 5) is 11.8. The number of rotatable bonds is 4. The number of halogens is 1. The Morgan fingerprint density at radius 2 is 1.89 bits per heavy atom. The van der Waals surface area contributed by atoms with Crippen molar-refractivity contribution in [2.24, 2.45) is 0 Å². The first kappa shape index (κ1) is 13.6. The number of hydrogen-bond acceptors (Lipinski definition) is 2. The normalized spacial score (nSPS) is 10.0. The number of carbonyl (C=O) groups excluding carboxylic acids is 1. The molecule has 2 N–H and O–H groups in total. The van der Waals surface area contributed by atoms with Gasteiger partial charge in [-0.1, -0.05) is 24.3 Å². The third-order valence-electron chi connectivity index (χ3n) is 2.62. The van der Waals surface area contributed by atoms with Crippen LogP contribution in [0.2, 0.25) is 0 Å². The van der Waals surface area contributed by atoms with Gasteiger partial charge in [0.15, 0.2) is 0 Å². The number of carbonyl (C=O) groups is 1. The molecule has 0 radical (unpaired) electrons. The van der Waals surface area contributed by atoms with Crippen LogP contribution < -0.4 is 10.6 Å².